The Morgan fingerprint density at radius 3 is 2.75 bits per heavy atom. The first-order chi connectivity index (χ1) is 11.8. The summed E-state index contributed by atoms with van der Waals surface area (Å²) in [7, 11) is 0. The molecule has 1 aromatic heterocycles. The van der Waals surface area contributed by atoms with Crippen molar-refractivity contribution in [1.29, 1.82) is 0 Å². The molecule has 24 heavy (non-hydrogen) atoms. The first kappa shape index (κ1) is 14.8. The number of fused-ring (bicyclic) bond motifs is 1. The summed E-state index contributed by atoms with van der Waals surface area (Å²) in [5.41, 5.74) is 3.24. The van der Waals surface area contributed by atoms with E-state index in [-0.39, 0.29) is 0 Å². The minimum absolute atomic E-state index is 0.550. The van der Waals surface area contributed by atoms with Crippen molar-refractivity contribution in [2.75, 3.05) is 11.5 Å². The number of anilines is 1. The Labute approximate surface area is 145 Å². The Morgan fingerprint density at radius 2 is 1.96 bits per heavy atom. The second-order valence-electron chi connectivity index (χ2n) is 5.49. The molecule has 4 rings (SSSR count). The van der Waals surface area contributed by atoms with Gasteiger partial charge in [0.25, 0.3) is 0 Å². The number of benzene rings is 2. The molecule has 0 atom stereocenters. The molecule has 3 aromatic rings. The van der Waals surface area contributed by atoms with Gasteiger partial charge in [-0.1, -0.05) is 23.7 Å². The van der Waals surface area contributed by atoms with E-state index in [0.29, 0.717) is 13.2 Å². The second kappa shape index (κ2) is 6.42. The summed E-state index contributed by atoms with van der Waals surface area (Å²) >= 11 is 6.05. The number of H-pyrrole nitrogens is 1. The lowest BCUT2D eigenvalue weighted by Gasteiger charge is -2.30. The zero-order valence-electron chi connectivity index (χ0n) is 12.9. The van der Waals surface area contributed by atoms with E-state index >= 15 is 0 Å². The van der Waals surface area contributed by atoms with Crippen molar-refractivity contribution < 1.29 is 4.74 Å². The molecule has 0 amide bonds. The third-order valence-corrected chi connectivity index (χ3v) is 4.22. The van der Waals surface area contributed by atoms with Gasteiger partial charge in [0.15, 0.2) is 0 Å². The van der Waals surface area contributed by atoms with Crippen LogP contribution in [0.25, 0.3) is 5.70 Å². The summed E-state index contributed by atoms with van der Waals surface area (Å²) in [6.07, 6.45) is 5.70. The highest BCUT2D eigenvalue weighted by atomic mass is 35.5. The van der Waals surface area contributed by atoms with Gasteiger partial charge in [0, 0.05) is 28.7 Å². The Kier molecular flexibility index (Phi) is 3.97. The van der Waals surface area contributed by atoms with Crippen molar-refractivity contribution in [3.05, 3.63) is 83.4 Å². The highest BCUT2D eigenvalue weighted by molar-refractivity contribution is 6.30. The van der Waals surface area contributed by atoms with E-state index in [1.165, 1.54) is 0 Å². The van der Waals surface area contributed by atoms with Crippen molar-refractivity contribution in [2.45, 2.75) is 6.54 Å². The number of ether oxygens (including phenoxy) is 1. The number of para-hydroxylation sites is 1. The summed E-state index contributed by atoms with van der Waals surface area (Å²) in [5, 5.41) is 0.720. The normalized spacial score (nSPS) is 13.0. The van der Waals surface area contributed by atoms with Crippen LogP contribution in [-0.4, -0.2) is 16.6 Å². The summed E-state index contributed by atoms with van der Waals surface area (Å²) in [6, 6.07) is 15.9. The van der Waals surface area contributed by atoms with Crippen LogP contribution >= 0.6 is 11.6 Å². The number of nitrogens with zero attached hydrogens (tertiary/aromatic N) is 2. The highest BCUT2D eigenvalue weighted by Crippen LogP contribution is 2.35. The van der Waals surface area contributed by atoms with Crippen LogP contribution in [0.5, 0.6) is 5.75 Å². The fourth-order valence-electron chi connectivity index (χ4n) is 2.85. The van der Waals surface area contributed by atoms with Crippen LogP contribution in [0, 0.1) is 0 Å². The van der Waals surface area contributed by atoms with Crippen molar-refractivity contribution in [3.8, 4) is 5.75 Å². The summed E-state index contributed by atoms with van der Waals surface area (Å²) in [6.45, 7) is 1.18. The van der Waals surface area contributed by atoms with Crippen LogP contribution in [0.15, 0.2) is 67.0 Å². The zero-order valence-corrected chi connectivity index (χ0v) is 13.7. The molecule has 2 heterocycles. The Bertz CT molecular complexity index is 857. The number of rotatable bonds is 4. The molecule has 2 aromatic carbocycles. The topological polar surface area (TPSA) is 41.2 Å². The molecule has 1 aliphatic rings. The maximum Gasteiger partial charge on any atom is 0.129 e. The molecule has 0 unspecified atom stereocenters. The molecule has 0 bridgehead atoms. The Balaban J connectivity index is 1.77. The predicted molar refractivity (Wildman–Crippen MR) is 96.1 cm³/mol. The van der Waals surface area contributed by atoms with E-state index in [4.69, 9.17) is 16.3 Å². The molecule has 1 aliphatic heterocycles. The number of aromatic nitrogens is 2. The lowest BCUT2D eigenvalue weighted by molar-refractivity contribution is 0.356. The van der Waals surface area contributed by atoms with Crippen molar-refractivity contribution in [1.82, 2.24) is 9.97 Å². The van der Waals surface area contributed by atoms with Gasteiger partial charge in [0.05, 0.1) is 12.2 Å². The number of nitrogens with one attached hydrogen (secondary N) is 1. The third kappa shape index (κ3) is 2.88. The zero-order chi connectivity index (χ0) is 16.4. The average molecular weight is 338 g/mol. The molecule has 0 saturated carbocycles. The number of hydrogen-bond donors (Lipinski definition) is 1. The third-order valence-electron chi connectivity index (χ3n) is 3.97. The predicted octanol–water partition coefficient (Wildman–Crippen LogP) is 4.50. The van der Waals surface area contributed by atoms with Gasteiger partial charge in [0.1, 0.15) is 18.2 Å². The van der Waals surface area contributed by atoms with Crippen molar-refractivity contribution in [3.63, 3.8) is 0 Å². The van der Waals surface area contributed by atoms with Gasteiger partial charge in [-0.3, -0.25) is 0 Å². The smallest absolute Gasteiger partial charge is 0.129 e. The molecule has 120 valence electrons. The minimum atomic E-state index is 0.550. The first-order valence-corrected chi connectivity index (χ1v) is 8.13. The molecule has 1 N–H and O–H groups in total. The number of imidazole rings is 1. The largest absolute Gasteiger partial charge is 0.489 e. The summed E-state index contributed by atoms with van der Waals surface area (Å²) in [4.78, 5) is 9.76. The number of halogens is 1. The molecule has 0 saturated heterocycles. The molecular formula is C19H16ClN3O. The second-order valence-corrected chi connectivity index (χ2v) is 5.93. The Morgan fingerprint density at radius 1 is 1.12 bits per heavy atom. The highest BCUT2D eigenvalue weighted by Gasteiger charge is 2.21. The monoisotopic (exact) mass is 337 g/mol. The van der Waals surface area contributed by atoms with E-state index in [9.17, 15) is 0 Å². The van der Waals surface area contributed by atoms with Crippen LogP contribution in [-0.2, 0) is 6.54 Å². The molecule has 0 radical (unpaired) electrons. The molecule has 0 spiro atoms. The maximum absolute atomic E-state index is 6.05. The van der Waals surface area contributed by atoms with Crippen molar-refractivity contribution in [2.24, 2.45) is 0 Å². The fourth-order valence-corrected chi connectivity index (χ4v) is 2.98. The van der Waals surface area contributed by atoms with Crippen LogP contribution in [0.2, 0.25) is 5.02 Å². The van der Waals surface area contributed by atoms with Crippen LogP contribution < -0.4 is 9.64 Å². The van der Waals surface area contributed by atoms with Crippen molar-refractivity contribution >= 4 is 23.0 Å². The standard InChI is InChI=1S/C19H16ClN3O/c20-14-5-7-15(8-6-14)23(13-19-21-10-11-22-19)17-9-12-24-18-4-2-1-3-16(17)18/h1-11H,12-13H2,(H,21,22). The molecule has 0 fully saturated rings. The first-order valence-electron chi connectivity index (χ1n) is 7.75. The Hall–Kier alpha value is -2.72. The fraction of sp³-hybridized carbons (Fsp3) is 0.105. The van der Waals surface area contributed by atoms with Gasteiger partial charge in [-0.15, -0.1) is 0 Å². The summed E-state index contributed by atoms with van der Waals surface area (Å²) < 4.78 is 5.75. The minimum Gasteiger partial charge on any atom is -0.489 e. The van der Waals surface area contributed by atoms with E-state index in [2.05, 4.69) is 27.0 Å². The van der Waals surface area contributed by atoms with Gasteiger partial charge in [0.2, 0.25) is 0 Å². The van der Waals surface area contributed by atoms with Gasteiger partial charge in [-0.25, -0.2) is 4.98 Å². The summed E-state index contributed by atoms with van der Waals surface area (Å²) in [5.74, 6) is 1.79. The van der Waals surface area contributed by atoms with E-state index < -0.39 is 0 Å². The lowest BCUT2D eigenvalue weighted by atomic mass is 10.1. The van der Waals surface area contributed by atoms with Crippen LogP contribution in [0.1, 0.15) is 11.4 Å². The average Bonchev–Trinajstić information content (AvgIpc) is 3.13. The van der Waals surface area contributed by atoms with Gasteiger partial charge in [-0.05, 0) is 42.5 Å². The quantitative estimate of drug-likeness (QED) is 0.762. The van der Waals surface area contributed by atoms with E-state index in [1.54, 1.807) is 6.20 Å². The van der Waals surface area contributed by atoms with E-state index in [1.807, 2.05) is 48.7 Å². The molecule has 0 aliphatic carbocycles. The molecular weight excluding hydrogens is 322 g/mol. The van der Waals surface area contributed by atoms with Crippen LogP contribution in [0.4, 0.5) is 5.69 Å². The number of hydrogen-bond acceptors (Lipinski definition) is 3. The molecule has 5 heteroatoms. The maximum atomic E-state index is 6.05. The molecule has 4 nitrogen and oxygen atoms in total. The lowest BCUT2D eigenvalue weighted by Crippen LogP contribution is -2.24. The van der Waals surface area contributed by atoms with Gasteiger partial charge < -0.3 is 14.6 Å². The van der Waals surface area contributed by atoms with Gasteiger partial charge >= 0.3 is 0 Å². The SMILES string of the molecule is Clc1ccc(N(Cc2ncc[nH]2)C2=CCOc3ccccc32)cc1. The van der Waals surface area contributed by atoms with Crippen LogP contribution in [0.3, 0.4) is 0 Å². The van der Waals surface area contributed by atoms with Gasteiger partial charge in [-0.2, -0.15) is 0 Å². The number of aromatic amines is 1. The van der Waals surface area contributed by atoms with E-state index in [0.717, 1.165) is 33.5 Å².